The van der Waals surface area contributed by atoms with E-state index in [0.29, 0.717) is 6.54 Å². The Bertz CT molecular complexity index is 510. The highest BCUT2D eigenvalue weighted by molar-refractivity contribution is 14.1. The van der Waals surface area contributed by atoms with Gasteiger partial charge in [-0.15, -0.1) is 11.3 Å². The number of carbonyl (C=O) groups is 1. The molecule has 0 spiro atoms. The maximum atomic E-state index is 12.3. The SMILES string of the molecule is CCN(C(=O)c1cccs1)c1ccccc1I. The minimum absolute atomic E-state index is 0.0756. The van der Waals surface area contributed by atoms with Gasteiger partial charge in [0.2, 0.25) is 0 Å². The molecule has 17 heavy (non-hydrogen) atoms. The number of halogens is 1. The van der Waals surface area contributed by atoms with Crippen molar-refractivity contribution in [3.63, 3.8) is 0 Å². The quantitative estimate of drug-likeness (QED) is 0.760. The zero-order valence-electron chi connectivity index (χ0n) is 9.39. The molecule has 2 nitrogen and oxygen atoms in total. The molecule has 1 heterocycles. The summed E-state index contributed by atoms with van der Waals surface area (Å²) in [5.74, 6) is 0.0756. The predicted molar refractivity (Wildman–Crippen MR) is 80.8 cm³/mol. The van der Waals surface area contributed by atoms with Crippen LogP contribution in [0.3, 0.4) is 0 Å². The number of hydrogen-bond donors (Lipinski definition) is 0. The summed E-state index contributed by atoms with van der Waals surface area (Å²) in [5.41, 5.74) is 0.981. The van der Waals surface area contributed by atoms with Crippen molar-refractivity contribution in [1.82, 2.24) is 0 Å². The molecule has 1 amide bonds. The highest BCUT2D eigenvalue weighted by atomic mass is 127. The largest absolute Gasteiger partial charge is 0.307 e. The second-order valence-corrected chi connectivity index (χ2v) is 5.59. The van der Waals surface area contributed by atoms with E-state index >= 15 is 0 Å². The molecule has 0 N–H and O–H groups in total. The molecule has 1 aromatic heterocycles. The van der Waals surface area contributed by atoms with E-state index in [9.17, 15) is 4.79 Å². The molecule has 0 aliphatic carbocycles. The van der Waals surface area contributed by atoms with Crippen LogP contribution in [0.15, 0.2) is 41.8 Å². The molecule has 2 aromatic rings. The van der Waals surface area contributed by atoms with Gasteiger partial charge in [0.15, 0.2) is 0 Å². The fraction of sp³-hybridized carbons (Fsp3) is 0.154. The molecule has 0 bridgehead atoms. The highest BCUT2D eigenvalue weighted by Crippen LogP contribution is 2.24. The number of nitrogens with zero attached hydrogens (tertiary/aromatic N) is 1. The fourth-order valence-corrected chi connectivity index (χ4v) is 2.98. The summed E-state index contributed by atoms with van der Waals surface area (Å²) in [5, 5.41) is 1.93. The van der Waals surface area contributed by atoms with Gasteiger partial charge in [0.25, 0.3) is 5.91 Å². The number of amides is 1. The molecule has 0 aliphatic heterocycles. The van der Waals surface area contributed by atoms with Gasteiger partial charge < -0.3 is 4.90 Å². The van der Waals surface area contributed by atoms with E-state index in [0.717, 1.165) is 14.1 Å². The first-order valence-electron chi connectivity index (χ1n) is 5.34. The Morgan fingerprint density at radius 1 is 1.29 bits per heavy atom. The summed E-state index contributed by atoms with van der Waals surface area (Å²) in [6.45, 7) is 2.67. The van der Waals surface area contributed by atoms with E-state index in [-0.39, 0.29) is 5.91 Å². The Labute approximate surface area is 118 Å². The number of thiophene rings is 1. The van der Waals surface area contributed by atoms with E-state index in [2.05, 4.69) is 22.6 Å². The average Bonchev–Trinajstić information content (AvgIpc) is 2.86. The van der Waals surface area contributed by atoms with Crippen LogP contribution >= 0.6 is 33.9 Å². The molecule has 0 aliphatic rings. The topological polar surface area (TPSA) is 20.3 Å². The number of rotatable bonds is 3. The zero-order chi connectivity index (χ0) is 12.3. The van der Waals surface area contributed by atoms with Crippen LogP contribution in [0.1, 0.15) is 16.6 Å². The fourth-order valence-electron chi connectivity index (χ4n) is 1.63. The molecular formula is C13H12INOS. The third-order valence-electron chi connectivity index (χ3n) is 2.44. The Kier molecular flexibility index (Phi) is 4.17. The molecule has 1 aromatic carbocycles. The van der Waals surface area contributed by atoms with Crippen molar-refractivity contribution in [2.75, 3.05) is 11.4 Å². The van der Waals surface area contributed by atoms with Gasteiger partial charge in [-0.25, -0.2) is 0 Å². The standard InChI is InChI=1S/C13H12INOS/c1-2-15(11-7-4-3-6-10(11)14)13(16)12-8-5-9-17-12/h3-9H,2H2,1H3. The number of hydrogen-bond acceptors (Lipinski definition) is 2. The average molecular weight is 357 g/mol. The number of anilines is 1. The van der Waals surface area contributed by atoms with Crippen LogP contribution < -0.4 is 4.90 Å². The van der Waals surface area contributed by atoms with E-state index in [1.807, 2.05) is 53.6 Å². The van der Waals surface area contributed by atoms with Crippen LogP contribution in [0.5, 0.6) is 0 Å². The van der Waals surface area contributed by atoms with Gasteiger partial charge in [-0.2, -0.15) is 0 Å². The van der Waals surface area contributed by atoms with Gasteiger partial charge in [-0.1, -0.05) is 18.2 Å². The van der Waals surface area contributed by atoms with Gasteiger partial charge in [-0.05, 0) is 53.1 Å². The first kappa shape index (κ1) is 12.6. The second kappa shape index (κ2) is 5.64. The Hall–Kier alpha value is -0.880. The minimum atomic E-state index is 0.0756. The van der Waals surface area contributed by atoms with Gasteiger partial charge in [0, 0.05) is 10.1 Å². The van der Waals surface area contributed by atoms with Gasteiger partial charge >= 0.3 is 0 Å². The third kappa shape index (κ3) is 2.69. The molecule has 4 heteroatoms. The van der Waals surface area contributed by atoms with Crippen molar-refractivity contribution >= 4 is 45.5 Å². The van der Waals surface area contributed by atoms with Crippen LogP contribution in [0.25, 0.3) is 0 Å². The molecule has 88 valence electrons. The minimum Gasteiger partial charge on any atom is -0.307 e. The monoisotopic (exact) mass is 357 g/mol. The second-order valence-electron chi connectivity index (χ2n) is 3.48. The maximum absolute atomic E-state index is 12.3. The molecule has 0 fully saturated rings. The normalized spacial score (nSPS) is 10.2. The maximum Gasteiger partial charge on any atom is 0.268 e. The summed E-state index contributed by atoms with van der Waals surface area (Å²) in [6, 6.07) is 11.7. The van der Waals surface area contributed by atoms with Crippen LogP contribution in [-0.4, -0.2) is 12.5 Å². The Morgan fingerprint density at radius 3 is 2.65 bits per heavy atom. The summed E-state index contributed by atoms with van der Waals surface area (Å²) < 4.78 is 1.09. The summed E-state index contributed by atoms with van der Waals surface area (Å²) in [4.78, 5) is 14.9. The first-order chi connectivity index (χ1) is 8.24. The third-order valence-corrected chi connectivity index (χ3v) is 4.21. The molecule has 2 rings (SSSR count). The van der Waals surface area contributed by atoms with Gasteiger partial charge in [0.05, 0.1) is 10.6 Å². The lowest BCUT2D eigenvalue weighted by atomic mass is 10.2. The number of carbonyl (C=O) groups excluding carboxylic acids is 1. The molecule has 0 saturated heterocycles. The Morgan fingerprint density at radius 2 is 2.06 bits per heavy atom. The lowest BCUT2D eigenvalue weighted by Gasteiger charge is -2.21. The smallest absolute Gasteiger partial charge is 0.268 e. The molecule has 0 radical (unpaired) electrons. The van der Waals surface area contributed by atoms with Crippen molar-refractivity contribution in [2.24, 2.45) is 0 Å². The highest BCUT2D eigenvalue weighted by Gasteiger charge is 2.18. The van der Waals surface area contributed by atoms with Crippen molar-refractivity contribution in [3.8, 4) is 0 Å². The van der Waals surface area contributed by atoms with Crippen molar-refractivity contribution in [2.45, 2.75) is 6.92 Å². The molecule has 0 atom stereocenters. The summed E-state index contributed by atoms with van der Waals surface area (Å²) >= 11 is 3.74. The molecule has 0 unspecified atom stereocenters. The van der Waals surface area contributed by atoms with Crippen molar-refractivity contribution < 1.29 is 4.79 Å². The van der Waals surface area contributed by atoms with Gasteiger partial charge in [-0.3, -0.25) is 4.79 Å². The van der Waals surface area contributed by atoms with E-state index in [1.54, 1.807) is 0 Å². The molecular weight excluding hydrogens is 345 g/mol. The molecule has 0 saturated carbocycles. The van der Waals surface area contributed by atoms with E-state index in [1.165, 1.54) is 11.3 Å². The number of para-hydroxylation sites is 1. The van der Waals surface area contributed by atoms with Crippen molar-refractivity contribution in [3.05, 3.63) is 50.2 Å². The lowest BCUT2D eigenvalue weighted by Crippen LogP contribution is -2.30. The Balaban J connectivity index is 2.35. The van der Waals surface area contributed by atoms with Crippen LogP contribution in [0, 0.1) is 3.57 Å². The lowest BCUT2D eigenvalue weighted by molar-refractivity contribution is 0.0992. The van der Waals surface area contributed by atoms with E-state index < -0.39 is 0 Å². The summed E-state index contributed by atoms with van der Waals surface area (Å²) in [7, 11) is 0. The number of benzene rings is 1. The van der Waals surface area contributed by atoms with Gasteiger partial charge in [0.1, 0.15) is 0 Å². The van der Waals surface area contributed by atoms with Crippen LogP contribution in [-0.2, 0) is 0 Å². The van der Waals surface area contributed by atoms with Crippen molar-refractivity contribution in [1.29, 1.82) is 0 Å². The first-order valence-corrected chi connectivity index (χ1v) is 7.29. The van der Waals surface area contributed by atoms with Crippen LogP contribution in [0.2, 0.25) is 0 Å². The van der Waals surface area contributed by atoms with Crippen LogP contribution in [0.4, 0.5) is 5.69 Å². The zero-order valence-corrected chi connectivity index (χ0v) is 12.4. The predicted octanol–water partition coefficient (Wildman–Crippen LogP) is 4.02. The van der Waals surface area contributed by atoms with E-state index in [4.69, 9.17) is 0 Å². The summed E-state index contributed by atoms with van der Waals surface area (Å²) in [6.07, 6.45) is 0.